The molecular weight excluding hydrogens is 537 g/mol. The van der Waals surface area contributed by atoms with E-state index in [1.165, 1.54) is 4.90 Å². The third-order valence-electron chi connectivity index (χ3n) is 6.48. The first-order chi connectivity index (χ1) is 17.9. The first-order valence-electron chi connectivity index (χ1n) is 11.9. The van der Waals surface area contributed by atoms with E-state index < -0.39 is 54.0 Å². The molecule has 2 aliphatic heterocycles. The molecule has 0 radical (unpaired) electrons. The van der Waals surface area contributed by atoms with Crippen molar-refractivity contribution >= 4 is 29.0 Å². The number of aliphatic hydroxyl groups excluding tert-OH is 1. The molecule has 3 N–H and O–H groups in total. The molecule has 0 saturated carbocycles. The van der Waals surface area contributed by atoms with Gasteiger partial charge in [-0.2, -0.15) is 13.2 Å². The van der Waals surface area contributed by atoms with Gasteiger partial charge >= 0.3 is 6.18 Å². The van der Waals surface area contributed by atoms with Gasteiger partial charge in [0.15, 0.2) is 5.01 Å². The molecule has 0 bridgehead atoms. The van der Waals surface area contributed by atoms with E-state index in [0.717, 1.165) is 32.0 Å². The van der Waals surface area contributed by atoms with Crippen LogP contribution in [0.4, 0.5) is 27.8 Å². The van der Waals surface area contributed by atoms with Crippen molar-refractivity contribution in [2.24, 2.45) is 0 Å². The Balaban J connectivity index is 1.74. The highest BCUT2D eigenvalue weighted by atomic mass is 32.1. The maximum Gasteiger partial charge on any atom is 0.408 e. The second-order valence-electron chi connectivity index (χ2n) is 9.24. The number of amides is 2. The van der Waals surface area contributed by atoms with Gasteiger partial charge in [-0.05, 0) is 32.8 Å². The highest BCUT2D eigenvalue weighted by Gasteiger charge is 2.37. The van der Waals surface area contributed by atoms with Gasteiger partial charge in [-0.3, -0.25) is 9.59 Å². The molecule has 4 heterocycles. The number of hydrogen-bond acceptors (Lipinski definition) is 8. The topological polar surface area (TPSA) is 117 Å². The molecule has 15 heteroatoms. The number of aromatic nitrogens is 2. The summed E-state index contributed by atoms with van der Waals surface area (Å²) < 4.78 is 72.2. The van der Waals surface area contributed by atoms with E-state index in [4.69, 9.17) is 4.74 Å². The molecule has 38 heavy (non-hydrogen) atoms. The number of pyridine rings is 1. The SMILES string of the molecule is C[C@H](Nc1cc(C(F)F)c(-c2sc(C(=O)N[C@H]3COC[C@H]3O)nc2C(=O)N2CCC[C@@H]2C)cn1)C(F)(F)F. The van der Waals surface area contributed by atoms with Crippen molar-refractivity contribution in [3.8, 4) is 10.4 Å². The summed E-state index contributed by atoms with van der Waals surface area (Å²) in [6.07, 6.45) is -6.29. The first-order valence-corrected chi connectivity index (χ1v) is 12.7. The number of rotatable bonds is 7. The number of halogens is 5. The quantitative estimate of drug-likeness (QED) is 0.441. The third-order valence-corrected chi connectivity index (χ3v) is 7.56. The van der Waals surface area contributed by atoms with Gasteiger partial charge in [0.25, 0.3) is 18.2 Å². The van der Waals surface area contributed by atoms with Crippen LogP contribution in [-0.2, 0) is 4.74 Å². The summed E-state index contributed by atoms with van der Waals surface area (Å²) in [5.41, 5.74) is -1.12. The predicted octanol–water partition coefficient (Wildman–Crippen LogP) is 3.62. The number of nitrogens with zero attached hydrogens (tertiary/aromatic N) is 3. The molecule has 4 atom stereocenters. The fraction of sp³-hybridized carbons (Fsp3) is 0.565. The lowest BCUT2D eigenvalue weighted by molar-refractivity contribution is -0.138. The van der Waals surface area contributed by atoms with E-state index in [-0.39, 0.29) is 40.4 Å². The normalized spacial score (nSPS) is 22.7. The zero-order chi connectivity index (χ0) is 27.8. The van der Waals surface area contributed by atoms with Crippen LogP contribution < -0.4 is 10.6 Å². The summed E-state index contributed by atoms with van der Waals surface area (Å²) in [6, 6.07) is -2.11. The molecule has 2 saturated heterocycles. The zero-order valence-corrected chi connectivity index (χ0v) is 21.2. The Labute approximate surface area is 218 Å². The molecular formula is C23H26F5N5O4S. The highest BCUT2D eigenvalue weighted by Crippen LogP contribution is 2.39. The van der Waals surface area contributed by atoms with Crippen LogP contribution >= 0.6 is 11.3 Å². The van der Waals surface area contributed by atoms with Gasteiger partial charge in [-0.15, -0.1) is 11.3 Å². The number of nitrogens with one attached hydrogen (secondary N) is 2. The standard InChI is InChI=1S/C23H26F5N5O4S/c1-10-4-3-5-33(10)22(36)17-18(38-21(32-17)20(35)31-14-8-37-9-15(14)34)13-7-29-16(6-12(13)19(24)25)30-11(2)23(26,27)28/h6-7,10-11,14-15,19,34H,3-5,8-9H2,1-2H3,(H,29,30)(H,31,35)/t10-,11-,14-,15+/m0/s1. The Kier molecular flexibility index (Phi) is 8.18. The molecule has 0 aliphatic carbocycles. The summed E-state index contributed by atoms with van der Waals surface area (Å²) in [7, 11) is 0. The van der Waals surface area contributed by atoms with Gasteiger partial charge in [0.05, 0.1) is 30.2 Å². The number of likely N-dealkylation sites (tertiary alicyclic amines) is 1. The lowest BCUT2D eigenvalue weighted by Gasteiger charge is -2.21. The van der Waals surface area contributed by atoms with Crippen molar-refractivity contribution in [2.45, 2.75) is 63.5 Å². The van der Waals surface area contributed by atoms with Crippen LogP contribution in [0.5, 0.6) is 0 Å². The third kappa shape index (κ3) is 5.89. The number of ether oxygens (including phenoxy) is 1. The number of thiazole rings is 1. The van der Waals surface area contributed by atoms with Gasteiger partial charge in [-0.25, -0.2) is 18.7 Å². The molecule has 4 rings (SSSR count). The lowest BCUT2D eigenvalue weighted by Crippen LogP contribution is -2.42. The minimum absolute atomic E-state index is 0.0292. The predicted molar refractivity (Wildman–Crippen MR) is 127 cm³/mol. The van der Waals surface area contributed by atoms with E-state index >= 15 is 0 Å². The summed E-state index contributed by atoms with van der Waals surface area (Å²) in [5.74, 6) is -1.71. The second kappa shape index (κ2) is 11.1. The zero-order valence-electron chi connectivity index (χ0n) is 20.4. The summed E-state index contributed by atoms with van der Waals surface area (Å²) in [4.78, 5) is 35.9. The molecule has 0 unspecified atom stereocenters. The number of hydrogen-bond donors (Lipinski definition) is 3. The number of carbonyl (C=O) groups is 2. The maximum atomic E-state index is 14.1. The van der Waals surface area contributed by atoms with Gasteiger partial charge < -0.3 is 25.4 Å². The van der Waals surface area contributed by atoms with Crippen LogP contribution in [-0.4, -0.2) is 82.0 Å². The van der Waals surface area contributed by atoms with Crippen molar-refractivity contribution in [3.05, 3.63) is 28.5 Å². The summed E-state index contributed by atoms with van der Waals surface area (Å²) in [5, 5.41) is 14.3. The second-order valence-corrected chi connectivity index (χ2v) is 10.2. The van der Waals surface area contributed by atoms with E-state index in [9.17, 15) is 36.6 Å². The molecule has 0 aromatic carbocycles. The van der Waals surface area contributed by atoms with Crippen molar-refractivity contribution < 1.29 is 41.4 Å². The van der Waals surface area contributed by atoms with Crippen molar-refractivity contribution in [1.29, 1.82) is 0 Å². The fourth-order valence-corrected chi connectivity index (χ4v) is 5.24. The molecule has 0 spiro atoms. The Hall–Kier alpha value is -2.91. The van der Waals surface area contributed by atoms with Crippen LogP contribution in [0, 0.1) is 0 Å². The Morgan fingerprint density at radius 3 is 2.61 bits per heavy atom. The molecule has 2 amide bonds. The monoisotopic (exact) mass is 563 g/mol. The van der Waals surface area contributed by atoms with Crippen molar-refractivity contribution in [3.63, 3.8) is 0 Å². The van der Waals surface area contributed by atoms with Gasteiger partial charge in [-0.1, -0.05) is 0 Å². The van der Waals surface area contributed by atoms with E-state index in [0.29, 0.717) is 17.9 Å². The Bertz CT molecular complexity index is 1190. The summed E-state index contributed by atoms with van der Waals surface area (Å²) in [6.45, 7) is 3.17. The lowest BCUT2D eigenvalue weighted by atomic mass is 10.1. The molecule has 2 aromatic heterocycles. The van der Waals surface area contributed by atoms with Gasteiger partial charge in [0.1, 0.15) is 17.6 Å². The van der Waals surface area contributed by atoms with Crippen LogP contribution in [0.25, 0.3) is 10.4 Å². The largest absolute Gasteiger partial charge is 0.408 e. The van der Waals surface area contributed by atoms with Gasteiger partial charge in [0, 0.05) is 29.9 Å². The van der Waals surface area contributed by atoms with E-state index in [1.807, 2.05) is 6.92 Å². The van der Waals surface area contributed by atoms with Crippen LogP contribution in [0.15, 0.2) is 12.3 Å². The molecule has 2 fully saturated rings. The van der Waals surface area contributed by atoms with Crippen molar-refractivity contribution in [1.82, 2.24) is 20.2 Å². The minimum Gasteiger partial charge on any atom is -0.388 e. The smallest absolute Gasteiger partial charge is 0.388 e. The number of alkyl halides is 5. The molecule has 2 aliphatic rings. The summed E-state index contributed by atoms with van der Waals surface area (Å²) >= 11 is 0.682. The fourth-order valence-electron chi connectivity index (χ4n) is 4.25. The average molecular weight is 564 g/mol. The van der Waals surface area contributed by atoms with E-state index in [2.05, 4.69) is 20.6 Å². The van der Waals surface area contributed by atoms with Crippen LogP contribution in [0.2, 0.25) is 0 Å². The molecule has 2 aromatic rings. The highest BCUT2D eigenvalue weighted by molar-refractivity contribution is 7.17. The van der Waals surface area contributed by atoms with Crippen LogP contribution in [0.3, 0.4) is 0 Å². The van der Waals surface area contributed by atoms with Gasteiger partial charge in [0.2, 0.25) is 0 Å². The number of anilines is 1. The minimum atomic E-state index is -4.63. The van der Waals surface area contributed by atoms with Crippen molar-refractivity contribution in [2.75, 3.05) is 25.1 Å². The Morgan fingerprint density at radius 2 is 2.03 bits per heavy atom. The maximum absolute atomic E-state index is 14.1. The Morgan fingerprint density at radius 1 is 1.29 bits per heavy atom. The average Bonchev–Trinajstić information content (AvgIpc) is 3.58. The van der Waals surface area contributed by atoms with E-state index in [1.54, 1.807) is 0 Å². The number of aliphatic hydroxyl groups is 1. The van der Waals surface area contributed by atoms with Crippen LogP contribution in [0.1, 0.15) is 59.0 Å². The molecule has 208 valence electrons. The first kappa shape index (κ1) is 28.1. The number of carbonyl (C=O) groups excluding carboxylic acids is 2. The molecule has 9 nitrogen and oxygen atoms in total.